The Morgan fingerprint density at radius 3 is 1.56 bits per heavy atom. The van der Waals surface area contributed by atoms with Gasteiger partial charge in [0, 0.05) is 65.4 Å². The summed E-state index contributed by atoms with van der Waals surface area (Å²) in [6, 6.07) is 8.71. The van der Waals surface area contributed by atoms with E-state index < -0.39 is 0 Å². The Balaban J connectivity index is 0. The minimum atomic E-state index is 0. The number of rotatable bonds is 0. The van der Waals surface area contributed by atoms with Gasteiger partial charge in [0.15, 0.2) is 0 Å². The molecule has 1 aromatic rings. The minimum Gasteiger partial charge on any atom is -0.508 e. The molecule has 42 valence electrons. The molecule has 0 saturated heterocycles. The van der Waals surface area contributed by atoms with Crippen LogP contribution in [-0.2, 0) is 65.4 Å². The zero-order valence-electron chi connectivity index (χ0n) is 4.99. The number of hydrogen-bond donors (Lipinski definition) is 1. The molecule has 0 aliphatic rings. The van der Waals surface area contributed by atoms with Gasteiger partial charge in [-0.3, -0.25) is 0 Å². The summed E-state index contributed by atoms with van der Waals surface area (Å²) in [5, 5.41) is 8.63. The van der Waals surface area contributed by atoms with E-state index in [0.717, 1.165) is 0 Å². The first-order chi connectivity index (χ1) is 3.39. The van der Waals surface area contributed by atoms with E-state index in [9.17, 15) is 0 Å². The third-order valence-electron chi connectivity index (χ3n) is 0.756. The Morgan fingerprint density at radius 1 is 0.889 bits per heavy atom. The molecule has 0 unspecified atom stereocenters. The Labute approximate surface area is 105 Å². The molecule has 0 aliphatic carbocycles. The van der Waals surface area contributed by atoms with Gasteiger partial charge in [-0.05, 0) is 12.1 Å². The Hall–Kier alpha value is 1.23. The zero-order chi connectivity index (χ0) is 5.11. The summed E-state index contributed by atoms with van der Waals surface area (Å²) in [7, 11) is 0. The van der Waals surface area contributed by atoms with E-state index in [2.05, 4.69) is 0 Å². The summed E-state index contributed by atoms with van der Waals surface area (Å²) in [6.07, 6.45) is 0. The molecular weight excluding hydrogens is 266 g/mol. The summed E-state index contributed by atoms with van der Waals surface area (Å²) in [4.78, 5) is 0. The fourth-order valence-corrected chi connectivity index (χ4v) is 0.428. The average Bonchev–Trinajstić information content (AvgIpc) is 1.69. The molecule has 3 heteroatoms. The number of para-hydroxylation sites is 1. The van der Waals surface area contributed by atoms with Crippen molar-refractivity contribution in [3.05, 3.63) is 30.3 Å². The molecule has 1 aromatic carbocycles. The molecule has 0 spiro atoms. The van der Waals surface area contributed by atoms with Gasteiger partial charge in [-0.1, -0.05) is 18.2 Å². The van der Waals surface area contributed by atoms with Crippen molar-refractivity contribution in [2.75, 3.05) is 0 Å². The maximum atomic E-state index is 8.63. The number of phenolic OH excluding ortho intramolecular Hbond substituents is 1. The third kappa shape index (κ3) is 5.66. The molecule has 0 saturated carbocycles. The fourth-order valence-electron chi connectivity index (χ4n) is 0.428. The molecule has 0 atom stereocenters. The van der Waals surface area contributed by atoms with Crippen molar-refractivity contribution in [1.29, 1.82) is 0 Å². The second-order valence-corrected chi connectivity index (χ2v) is 1.34. The summed E-state index contributed by atoms with van der Waals surface area (Å²) >= 11 is 0. The first kappa shape index (κ1) is 12.9. The molecule has 0 fully saturated rings. The summed E-state index contributed by atoms with van der Waals surface area (Å²) in [5.74, 6) is 0.322. The van der Waals surface area contributed by atoms with Gasteiger partial charge in [-0.15, -0.1) is 0 Å². The van der Waals surface area contributed by atoms with Gasteiger partial charge < -0.3 is 5.11 Å². The van der Waals surface area contributed by atoms with E-state index in [4.69, 9.17) is 5.11 Å². The largest absolute Gasteiger partial charge is 0.508 e. The van der Waals surface area contributed by atoms with Crippen molar-refractivity contribution in [3.8, 4) is 5.75 Å². The van der Waals surface area contributed by atoms with Crippen LogP contribution in [-0.4, -0.2) is 5.11 Å². The van der Waals surface area contributed by atoms with Crippen LogP contribution in [0.5, 0.6) is 5.75 Å². The predicted molar refractivity (Wildman–Crippen MR) is 28.1 cm³/mol. The van der Waals surface area contributed by atoms with Crippen LogP contribution < -0.4 is 0 Å². The first-order valence-corrected chi connectivity index (χ1v) is 2.13. The minimum absolute atomic E-state index is 0. The second-order valence-electron chi connectivity index (χ2n) is 1.34. The van der Waals surface area contributed by atoms with E-state index in [1.54, 1.807) is 24.3 Å². The van der Waals surface area contributed by atoms with Crippen LogP contribution in [0.1, 0.15) is 0 Å². The van der Waals surface area contributed by atoms with Gasteiger partial charge in [0.1, 0.15) is 5.75 Å². The third-order valence-corrected chi connectivity index (χ3v) is 0.756. The molecule has 9 heavy (non-hydrogen) atoms. The van der Waals surface area contributed by atoms with E-state index in [1.807, 2.05) is 6.07 Å². The first-order valence-electron chi connectivity index (χ1n) is 2.13. The normalized spacial score (nSPS) is 6.67. The molecule has 0 aliphatic heterocycles. The van der Waals surface area contributed by atoms with Crippen LogP contribution in [0.3, 0.4) is 0 Å². The van der Waals surface area contributed by atoms with E-state index in [1.165, 1.54) is 0 Å². The number of hydrogen-bond acceptors (Lipinski definition) is 1. The van der Waals surface area contributed by atoms with Gasteiger partial charge in [0.05, 0.1) is 0 Å². The van der Waals surface area contributed by atoms with Crippen molar-refractivity contribution < 1.29 is 70.5 Å². The van der Waals surface area contributed by atoms with Gasteiger partial charge in [-0.25, -0.2) is 0 Å². The maximum Gasteiger partial charge on any atom is 0.115 e. The van der Waals surface area contributed by atoms with E-state index >= 15 is 0 Å². The molecule has 1 rings (SSSR count). The van der Waals surface area contributed by atoms with Crippen molar-refractivity contribution in [2.24, 2.45) is 0 Å². The summed E-state index contributed by atoms with van der Waals surface area (Å²) < 4.78 is 0. The maximum absolute atomic E-state index is 8.63. The number of aromatic hydroxyl groups is 1. The van der Waals surface area contributed by atoms with Crippen LogP contribution in [0.25, 0.3) is 0 Å². The molecule has 1 nitrogen and oxygen atoms in total. The Bertz CT molecular complexity index is 141. The van der Waals surface area contributed by atoms with Crippen LogP contribution in [0.4, 0.5) is 0 Å². The van der Waals surface area contributed by atoms with Gasteiger partial charge in [0.2, 0.25) is 0 Å². The predicted octanol–water partition coefficient (Wildman–Crippen LogP) is 1.39. The van der Waals surface area contributed by atoms with Crippen LogP contribution in [0.15, 0.2) is 30.3 Å². The molecule has 2 radical (unpaired) electrons. The van der Waals surface area contributed by atoms with Crippen molar-refractivity contribution in [1.82, 2.24) is 0 Å². The standard InChI is InChI=1S/C6H6O.2Y/c7-6-4-2-1-3-5-6;;/h1-5,7H;;. The second kappa shape index (κ2) is 7.34. The quantitative estimate of drug-likeness (QED) is 0.756. The Morgan fingerprint density at radius 2 is 1.33 bits per heavy atom. The number of phenols is 1. The van der Waals surface area contributed by atoms with Crippen molar-refractivity contribution in [3.63, 3.8) is 0 Å². The zero-order valence-corrected chi connectivity index (χ0v) is 10.7. The summed E-state index contributed by atoms with van der Waals surface area (Å²) in [5.41, 5.74) is 0. The summed E-state index contributed by atoms with van der Waals surface area (Å²) in [6.45, 7) is 0. The SMILES string of the molecule is Oc1ccccc1.[Y].[Y]. The van der Waals surface area contributed by atoms with E-state index in [-0.39, 0.29) is 65.4 Å². The van der Waals surface area contributed by atoms with Crippen molar-refractivity contribution in [2.45, 2.75) is 0 Å². The van der Waals surface area contributed by atoms with Crippen molar-refractivity contribution >= 4 is 0 Å². The molecular formula is C6H6OY2. The van der Waals surface area contributed by atoms with Gasteiger partial charge >= 0.3 is 0 Å². The topological polar surface area (TPSA) is 20.2 Å². The average molecular weight is 272 g/mol. The van der Waals surface area contributed by atoms with Crippen LogP contribution >= 0.6 is 0 Å². The van der Waals surface area contributed by atoms with Gasteiger partial charge in [0.25, 0.3) is 0 Å². The smallest absolute Gasteiger partial charge is 0.115 e. The van der Waals surface area contributed by atoms with Gasteiger partial charge in [-0.2, -0.15) is 0 Å². The fraction of sp³-hybridized carbons (Fsp3) is 0. The molecule has 1 N–H and O–H groups in total. The molecule has 0 heterocycles. The van der Waals surface area contributed by atoms with Crippen LogP contribution in [0, 0.1) is 0 Å². The van der Waals surface area contributed by atoms with E-state index in [0.29, 0.717) is 5.75 Å². The monoisotopic (exact) mass is 272 g/mol. The molecule has 0 amide bonds. The molecule has 0 bridgehead atoms. The number of benzene rings is 1. The Kier molecular flexibility index (Phi) is 10.5. The van der Waals surface area contributed by atoms with Crippen LogP contribution in [0.2, 0.25) is 0 Å². The molecule has 0 aromatic heterocycles.